The number of nitrogens with one attached hydrogen (secondary N) is 1. The molecule has 0 aliphatic carbocycles. The fourth-order valence-corrected chi connectivity index (χ4v) is 4.10. The second kappa shape index (κ2) is 9.28. The monoisotopic (exact) mass is 461 g/mol. The SMILES string of the molecule is Cn1nc(-c2ccc(F)cc2)cc1C(=O)N[C@H](CO)c1ccc(S(=O)(=O)CC(=O)O)cc1. The minimum atomic E-state index is -3.99. The van der Waals surface area contributed by atoms with Gasteiger partial charge in [0, 0.05) is 12.6 Å². The molecule has 1 atom stereocenters. The normalized spacial score (nSPS) is 12.3. The molecule has 0 aliphatic heterocycles. The molecule has 0 unspecified atom stereocenters. The summed E-state index contributed by atoms with van der Waals surface area (Å²) in [6.07, 6.45) is 0. The summed E-state index contributed by atoms with van der Waals surface area (Å²) in [5.74, 6) is -3.43. The Balaban J connectivity index is 1.78. The van der Waals surface area contributed by atoms with Crippen LogP contribution in [-0.2, 0) is 21.7 Å². The number of benzene rings is 2. The first kappa shape index (κ1) is 23.1. The third-order valence-corrected chi connectivity index (χ3v) is 6.31. The molecule has 3 aromatic rings. The number of aryl methyl sites for hydroxylation is 1. The summed E-state index contributed by atoms with van der Waals surface area (Å²) in [6, 6.07) is 11.6. The molecular formula is C21H20FN3O6S. The van der Waals surface area contributed by atoms with Gasteiger partial charge in [-0.05, 0) is 48.0 Å². The van der Waals surface area contributed by atoms with Crippen LogP contribution in [-0.4, -0.2) is 52.6 Å². The van der Waals surface area contributed by atoms with Crippen molar-refractivity contribution >= 4 is 21.7 Å². The van der Waals surface area contributed by atoms with E-state index in [1.165, 1.54) is 59.3 Å². The predicted octanol–water partition coefficient (Wildman–Crippen LogP) is 1.55. The van der Waals surface area contributed by atoms with E-state index in [4.69, 9.17) is 5.11 Å². The Hall–Kier alpha value is -3.57. The lowest BCUT2D eigenvalue weighted by Gasteiger charge is -2.17. The lowest BCUT2D eigenvalue weighted by Crippen LogP contribution is -2.32. The fraction of sp³-hybridized carbons (Fsp3) is 0.190. The van der Waals surface area contributed by atoms with Crippen molar-refractivity contribution in [3.8, 4) is 11.3 Å². The first-order chi connectivity index (χ1) is 15.1. The Bertz CT molecular complexity index is 1240. The van der Waals surface area contributed by atoms with E-state index in [1.807, 2.05) is 0 Å². The zero-order chi connectivity index (χ0) is 23.5. The number of nitrogens with zero attached hydrogens (tertiary/aromatic N) is 2. The minimum Gasteiger partial charge on any atom is -0.480 e. The van der Waals surface area contributed by atoms with E-state index < -0.39 is 45.9 Å². The summed E-state index contributed by atoms with van der Waals surface area (Å²) in [6.45, 7) is -0.463. The van der Waals surface area contributed by atoms with Gasteiger partial charge in [0.15, 0.2) is 15.6 Å². The van der Waals surface area contributed by atoms with Crippen molar-refractivity contribution in [1.29, 1.82) is 0 Å². The summed E-state index contributed by atoms with van der Waals surface area (Å²) >= 11 is 0. The van der Waals surface area contributed by atoms with Crippen molar-refractivity contribution in [2.45, 2.75) is 10.9 Å². The molecule has 168 valence electrons. The lowest BCUT2D eigenvalue weighted by atomic mass is 10.1. The highest BCUT2D eigenvalue weighted by Crippen LogP contribution is 2.21. The molecule has 0 spiro atoms. The van der Waals surface area contributed by atoms with Crippen LogP contribution in [0.25, 0.3) is 11.3 Å². The highest BCUT2D eigenvalue weighted by molar-refractivity contribution is 7.92. The van der Waals surface area contributed by atoms with Gasteiger partial charge in [-0.15, -0.1) is 0 Å². The van der Waals surface area contributed by atoms with E-state index in [0.29, 0.717) is 16.8 Å². The summed E-state index contributed by atoms with van der Waals surface area (Å²) in [5, 5.41) is 25.4. The van der Waals surface area contributed by atoms with E-state index in [0.717, 1.165) is 0 Å². The third kappa shape index (κ3) is 5.18. The molecule has 0 saturated heterocycles. The van der Waals surface area contributed by atoms with Crippen molar-refractivity contribution in [2.24, 2.45) is 7.05 Å². The van der Waals surface area contributed by atoms with E-state index in [1.54, 1.807) is 7.05 Å². The Morgan fingerprint density at radius 2 is 1.75 bits per heavy atom. The molecule has 0 fully saturated rings. The number of amides is 1. The minimum absolute atomic E-state index is 0.178. The quantitative estimate of drug-likeness (QED) is 0.463. The van der Waals surface area contributed by atoms with Crippen LogP contribution in [0.15, 0.2) is 59.5 Å². The van der Waals surface area contributed by atoms with Crippen LogP contribution in [0.3, 0.4) is 0 Å². The molecule has 32 heavy (non-hydrogen) atoms. The first-order valence-electron chi connectivity index (χ1n) is 9.37. The van der Waals surface area contributed by atoms with Crippen LogP contribution in [0.1, 0.15) is 22.1 Å². The van der Waals surface area contributed by atoms with Crippen LogP contribution in [0.4, 0.5) is 4.39 Å². The Labute approximate surface area is 183 Å². The van der Waals surface area contributed by atoms with Gasteiger partial charge < -0.3 is 15.5 Å². The molecule has 1 heterocycles. The van der Waals surface area contributed by atoms with Gasteiger partial charge in [-0.1, -0.05) is 12.1 Å². The molecule has 0 bridgehead atoms. The van der Waals surface area contributed by atoms with Crippen LogP contribution in [0.2, 0.25) is 0 Å². The molecule has 3 N–H and O–H groups in total. The van der Waals surface area contributed by atoms with Gasteiger partial charge >= 0.3 is 5.97 Å². The number of halogens is 1. The number of aliphatic hydroxyl groups excluding tert-OH is 1. The standard InChI is InChI=1S/C21H20FN3O6S/c1-25-19(10-17(24-25)13-2-6-15(22)7-3-13)21(29)23-18(11-26)14-4-8-16(9-5-14)32(30,31)12-20(27)28/h2-10,18,26H,11-12H2,1H3,(H,23,29)(H,27,28)/t18-/m1/s1. The van der Waals surface area contributed by atoms with Gasteiger partial charge in [0.1, 0.15) is 11.5 Å². The Morgan fingerprint density at radius 3 is 2.31 bits per heavy atom. The number of carbonyl (C=O) groups excluding carboxylic acids is 1. The van der Waals surface area contributed by atoms with Crippen molar-refractivity contribution in [3.63, 3.8) is 0 Å². The number of carboxylic acids is 1. The topological polar surface area (TPSA) is 139 Å². The van der Waals surface area contributed by atoms with Crippen LogP contribution in [0, 0.1) is 5.82 Å². The van der Waals surface area contributed by atoms with Gasteiger partial charge in [0.25, 0.3) is 5.91 Å². The number of hydrogen-bond donors (Lipinski definition) is 3. The summed E-state index contributed by atoms with van der Waals surface area (Å²) in [4.78, 5) is 23.3. The maximum Gasteiger partial charge on any atom is 0.319 e. The van der Waals surface area contributed by atoms with Gasteiger partial charge in [-0.25, -0.2) is 12.8 Å². The number of rotatable bonds is 8. The van der Waals surface area contributed by atoms with Crippen LogP contribution < -0.4 is 5.32 Å². The average Bonchev–Trinajstić information content (AvgIpc) is 3.13. The molecule has 2 aromatic carbocycles. The second-order valence-electron chi connectivity index (χ2n) is 6.98. The largest absolute Gasteiger partial charge is 0.480 e. The smallest absolute Gasteiger partial charge is 0.319 e. The zero-order valence-electron chi connectivity index (χ0n) is 16.9. The van der Waals surface area contributed by atoms with E-state index >= 15 is 0 Å². The molecule has 3 rings (SSSR count). The molecule has 11 heteroatoms. The van der Waals surface area contributed by atoms with Crippen molar-refractivity contribution < 1.29 is 32.6 Å². The third-order valence-electron chi connectivity index (χ3n) is 4.70. The van der Waals surface area contributed by atoms with E-state index in [-0.39, 0.29) is 10.6 Å². The van der Waals surface area contributed by atoms with Crippen molar-refractivity contribution in [3.05, 3.63) is 71.7 Å². The molecule has 0 radical (unpaired) electrons. The fourth-order valence-electron chi connectivity index (χ4n) is 3.06. The van der Waals surface area contributed by atoms with E-state index in [9.17, 15) is 27.5 Å². The highest BCUT2D eigenvalue weighted by Gasteiger charge is 2.22. The number of hydrogen-bond acceptors (Lipinski definition) is 6. The van der Waals surface area contributed by atoms with E-state index in [2.05, 4.69) is 10.4 Å². The van der Waals surface area contributed by atoms with Gasteiger partial charge in [-0.2, -0.15) is 5.10 Å². The zero-order valence-corrected chi connectivity index (χ0v) is 17.7. The van der Waals surface area contributed by atoms with Gasteiger partial charge in [0.05, 0.1) is 23.2 Å². The predicted molar refractivity (Wildman–Crippen MR) is 112 cm³/mol. The number of carboxylic acid groups (broad SMARTS) is 1. The van der Waals surface area contributed by atoms with Crippen molar-refractivity contribution in [1.82, 2.24) is 15.1 Å². The number of aromatic nitrogens is 2. The molecule has 0 aliphatic rings. The van der Waals surface area contributed by atoms with Crippen LogP contribution in [0.5, 0.6) is 0 Å². The maximum absolute atomic E-state index is 13.1. The van der Waals surface area contributed by atoms with Gasteiger partial charge in [0.2, 0.25) is 0 Å². The Kier molecular flexibility index (Phi) is 6.70. The molecule has 0 saturated carbocycles. The average molecular weight is 461 g/mol. The maximum atomic E-state index is 13.1. The molecule has 1 amide bonds. The highest BCUT2D eigenvalue weighted by atomic mass is 32.2. The lowest BCUT2D eigenvalue weighted by molar-refractivity contribution is -0.134. The number of aliphatic hydroxyl groups is 1. The summed E-state index contributed by atoms with van der Waals surface area (Å²) in [7, 11) is -2.42. The Morgan fingerprint density at radius 1 is 1.12 bits per heavy atom. The van der Waals surface area contributed by atoms with Crippen molar-refractivity contribution in [2.75, 3.05) is 12.4 Å². The van der Waals surface area contributed by atoms with Crippen LogP contribution >= 0.6 is 0 Å². The molecular weight excluding hydrogens is 441 g/mol. The summed E-state index contributed by atoms with van der Waals surface area (Å²) in [5.41, 5.74) is 1.71. The summed E-state index contributed by atoms with van der Waals surface area (Å²) < 4.78 is 38.5. The van der Waals surface area contributed by atoms with Gasteiger partial charge in [-0.3, -0.25) is 14.3 Å². The first-order valence-corrected chi connectivity index (χ1v) is 11.0. The number of sulfone groups is 1. The second-order valence-corrected chi connectivity index (χ2v) is 8.97. The molecule has 9 nitrogen and oxygen atoms in total. The molecule has 1 aromatic heterocycles. The number of aliphatic carboxylic acids is 1. The number of carbonyl (C=O) groups is 2.